The summed E-state index contributed by atoms with van der Waals surface area (Å²) in [6, 6.07) is 7.02. The number of aromatic nitrogens is 1. The van der Waals surface area contributed by atoms with E-state index in [0.717, 1.165) is 10.0 Å². The molecule has 0 saturated heterocycles. The minimum atomic E-state index is 0.0744. The van der Waals surface area contributed by atoms with E-state index >= 15 is 0 Å². The van der Waals surface area contributed by atoms with Crippen molar-refractivity contribution in [3.63, 3.8) is 0 Å². The van der Waals surface area contributed by atoms with Gasteiger partial charge in [-0.3, -0.25) is 4.79 Å². The number of hydrogen-bond acceptors (Lipinski definition) is 4. The average molecular weight is 284 g/mol. The summed E-state index contributed by atoms with van der Waals surface area (Å²) in [5.41, 5.74) is 1.64. The number of ketones is 1. The molecule has 2 rings (SSSR count). The molecule has 0 saturated carbocycles. The molecule has 0 atom stereocenters. The first-order valence-electron chi connectivity index (χ1n) is 4.99. The van der Waals surface area contributed by atoms with Gasteiger partial charge in [0.1, 0.15) is 0 Å². The van der Waals surface area contributed by atoms with E-state index in [0.29, 0.717) is 16.3 Å². The summed E-state index contributed by atoms with van der Waals surface area (Å²) < 4.78 is 0.929. The van der Waals surface area contributed by atoms with E-state index in [9.17, 15) is 4.79 Å². The second-order valence-electron chi connectivity index (χ2n) is 3.48. The maximum atomic E-state index is 11.9. The van der Waals surface area contributed by atoms with Crippen molar-refractivity contribution in [1.29, 1.82) is 0 Å². The van der Waals surface area contributed by atoms with Gasteiger partial charge >= 0.3 is 0 Å². The van der Waals surface area contributed by atoms with Gasteiger partial charge in [0.05, 0.1) is 5.75 Å². The van der Waals surface area contributed by atoms with Crippen LogP contribution in [0.5, 0.6) is 0 Å². The van der Waals surface area contributed by atoms with Gasteiger partial charge in [-0.1, -0.05) is 35.5 Å². The van der Waals surface area contributed by atoms with Gasteiger partial charge in [-0.2, -0.15) is 0 Å². The van der Waals surface area contributed by atoms with Crippen molar-refractivity contribution in [3.8, 4) is 0 Å². The van der Waals surface area contributed by atoms with Crippen molar-refractivity contribution < 1.29 is 4.79 Å². The van der Waals surface area contributed by atoms with Crippen LogP contribution >= 0.6 is 34.7 Å². The van der Waals surface area contributed by atoms with Crippen LogP contribution < -0.4 is 0 Å². The molecule has 5 heteroatoms. The Morgan fingerprint density at radius 2 is 2.35 bits per heavy atom. The fourth-order valence-electron chi connectivity index (χ4n) is 1.27. The predicted molar refractivity (Wildman–Crippen MR) is 73.4 cm³/mol. The summed E-state index contributed by atoms with van der Waals surface area (Å²) in [7, 11) is 0. The third-order valence-corrected chi connectivity index (χ3v) is 4.45. The van der Waals surface area contributed by atoms with Gasteiger partial charge in [0.15, 0.2) is 10.1 Å². The predicted octanol–water partition coefficient (Wildman–Crippen LogP) is 4.08. The molecule has 2 aromatic rings. The van der Waals surface area contributed by atoms with Crippen molar-refractivity contribution in [1.82, 2.24) is 4.98 Å². The number of Topliss-reactive ketones (excluding diaryl/α,β-unsaturated/α-hetero) is 1. The Morgan fingerprint density at radius 1 is 1.53 bits per heavy atom. The molecule has 1 aromatic heterocycles. The van der Waals surface area contributed by atoms with Crippen LogP contribution in [0.15, 0.2) is 34.0 Å². The molecular weight excluding hydrogens is 274 g/mol. The van der Waals surface area contributed by atoms with Crippen LogP contribution in [0.1, 0.15) is 16.1 Å². The Balaban J connectivity index is 1.98. The lowest BCUT2D eigenvalue weighted by molar-refractivity contribution is 0.102. The number of aryl methyl sites for hydroxylation is 1. The first kappa shape index (κ1) is 12.6. The number of benzene rings is 1. The molecule has 0 aliphatic heterocycles. The van der Waals surface area contributed by atoms with Crippen LogP contribution in [-0.4, -0.2) is 16.5 Å². The lowest BCUT2D eigenvalue weighted by Gasteiger charge is -1.99. The molecule has 0 aliphatic carbocycles. The van der Waals surface area contributed by atoms with E-state index in [4.69, 9.17) is 11.6 Å². The molecular formula is C12H10ClNOS2. The van der Waals surface area contributed by atoms with E-state index in [2.05, 4.69) is 4.98 Å². The van der Waals surface area contributed by atoms with Gasteiger partial charge in [0.25, 0.3) is 0 Å². The fraction of sp³-hybridized carbons (Fsp3) is 0.167. The molecule has 0 aliphatic rings. The van der Waals surface area contributed by atoms with Crippen molar-refractivity contribution in [2.24, 2.45) is 0 Å². The lowest BCUT2D eigenvalue weighted by atomic mass is 10.1. The lowest BCUT2D eigenvalue weighted by Crippen LogP contribution is -2.01. The van der Waals surface area contributed by atoms with Crippen molar-refractivity contribution in [3.05, 3.63) is 45.9 Å². The zero-order valence-corrected chi connectivity index (χ0v) is 11.5. The van der Waals surface area contributed by atoms with Crippen LogP contribution in [0.3, 0.4) is 0 Å². The number of thioether (sulfide) groups is 1. The second-order valence-corrected chi connectivity index (χ2v) is 5.99. The Kier molecular flexibility index (Phi) is 4.20. The highest BCUT2D eigenvalue weighted by Gasteiger charge is 2.08. The third-order valence-electron chi connectivity index (χ3n) is 2.07. The SMILES string of the molecule is Cc1csc(SCC(=O)c2cccc(Cl)c2)n1. The molecule has 17 heavy (non-hydrogen) atoms. The van der Waals surface area contributed by atoms with Crippen molar-refractivity contribution >= 4 is 40.5 Å². The summed E-state index contributed by atoms with van der Waals surface area (Å²) in [5.74, 6) is 0.471. The molecule has 1 heterocycles. The van der Waals surface area contributed by atoms with Gasteiger partial charge in [0.2, 0.25) is 0 Å². The molecule has 0 unspecified atom stereocenters. The molecule has 0 spiro atoms. The van der Waals surface area contributed by atoms with Crippen LogP contribution in [-0.2, 0) is 0 Å². The van der Waals surface area contributed by atoms with E-state index in [1.54, 1.807) is 35.6 Å². The Morgan fingerprint density at radius 3 is 3.00 bits per heavy atom. The Bertz CT molecular complexity index is 539. The summed E-state index contributed by atoms with van der Waals surface area (Å²) >= 11 is 8.87. The molecule has 2 nitrogen and oxygen atoms in total. The number of carbonyl (C=O) groups excluding carboxylic acids is 1. The summed E-state index contributed by atoms with van der Waals surface area (Å²) in [6.07, 6.45) is 0. The third kappa shape index (κ3) is 3.56. The molecule has 0 bridgehead atoms. The average Bonchev–Trinajstić information content (AvgIpc) is 2.72. The van der Waals surface area contributed by atoms with Crippen LogP contribution in [0, 0.1) is 6.92 Å². The van der Waals surface area contributed by atoms with E-state index in [-0.39, 0.29) is 5.78 Å². The number of rotatable bonds is 4. The van der Waals surface area contributed by atoms with Gasteiger partial charge in [-0.25, -0.2) is 4.98 Å². The fourth-order valence-corrected chi connectivity index (χ4v) is 3.21. The number of carbonyl (C=O) groups is 1. The largest absolute Gasteiger partial charge is 0.293 e. The van der Waals surface area contributed by atoms with Crippen LogP contribution in [0.25, 0.3) is 0 Å². The smallest absolute Gasteiger partial charge is 0.173 e. The molecule has 88 valence electrons. The standard InChI is InChI=1S/C12H10ClNOS2/c1-8-6-16-12(14-8)17-7-11(15)9-3-2-4-10(13)5-9/h2-6H,7H2,1H3. The van der Waals surface area contributed by atoms with Crippen LogP contribution in [0.2, 0.25) is 5.02 Å². The molecule has 1 aromatic carbocycles. The topological polar surface area (TPSA) is 30.0 Å². The van der Waals surface area contributed by atoms with Gasteiger partial charge in [-0.15, -0.1) is 11.3 Å². The second kappa shape index (κ2) is 5.67. The van der Waals surface area contributed by atoms with Crippen LogP contribution in [0.4, 0.5) is 0 Å². The number of halogens is 1. The summed E-state index contributed by atoms with van der Waals surface area (Å²) in [6.45, 7) is 1.94. The molecule has 0 amide bonds. The normalized spacial score (nSPS) is 10.5. The number of nitrogens with zero attached hydrogens (tertiary/aromatic N) is 1. The maximum absolute atomic E-state index is 11.9. The van der Waals surface area contributed by atoms with E-state index < -0.39 is 0 Å². The summed E-state index contributed by atoms with van der Waals surface area (Å²) in [4.78, 5) is 16.2. The first-order valence-corrected chi connectivity index (χ1v) is 7.23. The van der Waals surface area contributed by atoms with E-state index in [1.807, 2.05) is 12.3 Å². The highest BCUT2D eigenvalue weighted by Crippen LogP contribution is 2.23. The van der Waals surface area contributed by atoms with Gasteiger partial charge in [-0.05, 0) is 19.1 Å². The molecule has 0 N–H and O–H groups in total. The minimum absolute atomic E-state index is 0.0744. The molecule has 0 fully saturated rings. The Labute approximate surface area is 113 Å². The van der Waals surface area contributed by atoms with Crippen molar-refractivity contribution in [2.45, 2.75) is 11.3 Å². The highest BCUT2D eigenvalue weighted by atomic mass is 35.5. The van der Waals surface area contributed by atoms with Crippen molar-refractivity contribution in [2.75, 3.05) is 5.75 Å². The number of hydrogen-bond donors (Lipinski definition) is 0. The van der Waals surface area contributed by atoms with Gasteiger partial charge < -0.3 is 0 Å². The minimum Gasteiger partial charge on any atom is -0.293 e. The zero-order chi connectivity index (χ0) is 12.3. The number of thiazole rings is 1. The maximum Gasteiger partial charge on any atom is 0.173 e. The van der Waals surface area contributed by atoms with Gasteiger partial charge in [0, 0.05) is 21.7 Å². The highest BCUT2D eigenvalue weighted by molar-refractivity contribution is 8.01. The van der Waals surface area contributed by atoms with E-state index in [1.165, 1.54) is 11.8 Å². The quantitative estimate of drug-likeness (QED) is 0.625. The Hall–Kier alpha value is -0.840. The zero-order valence-electron chi connectivity index (χ0n) is 9.14. The first-order chi connectivity index (χ1) is 8.15. The summed E-state index contributed by atoms with van der Waals surface area (Å²) in [5, 5.41) is 2.57. The molecule has 0 radical (unpaired) electrons. The monoisotopic (exact) mass is 283 g/mol.